The number of carbonyl (C=O) groups excluding carboxylic acids is 1. The summed E-state index contributed by atoms with van der Waals surface area (Å²) < 4.78 is 0. The van der Waals surface area contributed by atoms with Crippen LogP contribution in [0.25, 0.3) is 0 Å². The second-order valence-corrected chi connectivity index (χ2v) is 4.37. The Balaban J connectivity index is 0.00000256. The Kier molecular flexibility index (Phi) is 7.44. The number of carbonyl (C=O) groups is 1. The van der Waals surface area contributed by atoms with Crippen LogP contribution in [0.1, 0.15) is 30.6 Å². The van der Waals surface area contributed by atoms with Crippen molar-refractivity contribution < 1.29 is 4.79 Å². The Morgan fingerprint density at radius 3 is 2.41 bits per heavy atom. The topological polar surface area (TPSA) is 29.1 Å². The number of Topliss-reactive ketones (excluding diaryl/α,β-unsaturated/α-hetero) is 1. The van der Waals surface area contributed by atoms with Gasteiger partial charge in [-0.2, -0.15) is 0 Å². The van der Waals surface area contributed by atoms with Crippen LogP contribution in [0.4, 0.5) is 0 Å². The summed E-state index contributed by atoms with van der Waals surface area (Å²) in [5, 5.41) is 3.21. The highest BCUT2D eigenvalue weighted by atomic mass is 35.5. The van der Waals surface area contributed by atoms with Gasteiger partial charge in [0.25, 0.3) is 0 Å². The molecule has 0 heterocycles. The maximum atomic E-state index is 12.3. The standard InChI is InChI=1S/C13H18ClNO.ClH/c1-3-13(2,15-10-9-14)12(16)11-7-5-4-6-8-11;/h4-8,15H,3,9-10H2,1-2H3;1H. The van der Waals surface area contributed by atoms with E-state index in [-0.39, 0.29) is 18.2 Å². The molecule has 2 nitrogen and oxygen atoms in total. The minimum absolute atomic E-state index is 0. The molecule has 1 N–H and O–H groups in total. The van der Waals surface area contributed by atoms with Crippen LogP contribution in [-0.2, 0) is 0 Å². The Morgan fingerprint density at radius 2 is 1.94 bits per heavy atom. The van der Waals surface area contributed by atoms with Crippen molar-refractivity contribution in [3.63, 3.8) is 0 Å². The van der Waals surface area contributed by atoms with Crippen molar-refractivity contribution in [2.75, 3.05) is 12.4 Å². The van der Waals surface area contributed by atoms with Gasteiger partial charge in [0.1, 0.15) is 0 Å². The average molecular weight is 276 g/mol. The molecule has 0 amide bonds. The van der Waals surface area contributed by atoms with Crippen molar-refractivity contribution in [3.8, 4) is 0 Å². The van der Waals surface area contributed by atoms with Crippen molar-refractivity contribution in [2.24, 2.45) is 0 Å². The van der Waals surface area contributed by atoms with E-state index in [9.17, 15) is 4.79 Å². The van der Waals surface area contributed by atoms with E-state index in [1.807, 2.05) is 44.2 Å². The lowest BCUT2D eigenvalue weighted by atomic mass is 9.88. The predicted octanol–water partition coefficient (Wildman–Crippen LogP) is 3.29. The van der Waals surface area contributed by atoms with Crippen LogP contribution in [0.5, 0.6) is 0 Å². The molecule has 1 unspecified atom stereocenters. The van der Waals surface area contributed by atoms with Gasteiger partial charge in [0, 0.05) is 18.0 Å². The molecule has 0 aliphatic carbocycles. The first kappa shape index (κ1) is 16.4. The summed E-state index contributed by atoms with van der Waals surface area (Å²) in [5.74, 6) is 0.637. The lowest BCUT2D eigenvalue weighted by Gasteiger charge is -2.28. The van der Waals surface area contributed by atoms with Gasteiger partial charge in [-0.3, -0.25) is 4.79 Å². The molecule has 1 aromatic rings. The van der Waals surface area contributed by atoms with Gasteiger partial charge < -0.3 is 5.32 Å². The molecule has 0 saturated heterocycles. The molecule has 0 spiro atoms. The van der Waals surface area contributed by atoms with E-state index >= 15 is 0 Å². The summed E-state index contributed by atoms with van der Waals surface area (Å²) in [4.78, 5) is 12.3. The molecule has 0 radical (unpaired) electrons. The minimum Gasteiger partial charge on any atom is -0.304 e. The summed E-state index contributed by atoms with van der Waals surface area (Å²) in [7, 11) is 0. The Labute approximate surface area is 114 Å². The fourth-order valence-electron chi connectivity index (χ4n) is 1.60. The number of hydrogen-bond acceptors (Lipinski definition) is 2. The van der Waals surface area contributed by atoms with E-state index < -0.39 is 5.54 Å². The van der Waals surface area contributed by atoms with Gasteiger partial charge in [-0.15, -0.1) is 24.0 Å². The van der Waals surface area contributed by atoms with Crippen LogP contribution in [0.3, 0.4) is 0 Å². The van der Waals surface area contributed by atoms with Crippen molar-refractivity contribution in [1.29, 1.82) is 0 Å². The molecular formula is C13H19Cl2NO. The number of hydrogen-bond donors (Lipinski definition) is 1. The molecule has 0 saturated carbocycles. The fraction of sp³-hybridized carbons (Fsp3) is 0.462. The molecule has 1 atom stereocenters. The molecule has 96 valence electrons. The lowest BCUT2D eigenvalue weighted by Crippen LogP contribution is -2.49. The summed E-state index contributed by atoms with van der Waals surface area (Å²) in [6.45, 7) is 4.57. The summed E-state index contributed by atoms with van der Waals surface area (Å²) >= 11 is 5.64. The van der Waals surface area contributed by atoms with Crippen molar-refractivity contribution >= 4 is 29.8 Å². The van der Waals surface area contributed by atoms with Crippen LogP contribution in [0.15, 0.2) is 30.3 Å². The first-order chi connectivity index (χ1) is 7.64. The van der Waals surface area contributed by atoms with Gasteiger partial charge in [-0.05, 0) is 13.3 Å². The number of halogens is 2. The van der Waals surface area contributed by atoms with E-state index in [2.05, 4.69) is 5.32 Å². The van der Waals surface area contributed by atoms with Crippen molar-refractivity contribution in [3.05, 3.63) is 35.9 Å². The zero-order chi connectivity index (χ0) is 12.0. The third kappa shape index (κ3) is 4.30. The second-order valence-electron chi connectivity index (χ2n) is 4.00. The largest absolute Gasteiger partial charge is 0.304 e. The first-order valence-electron chi connectivity index (χ1n) is 5.55. The van der Waals surface area contributed by atoms with Crippen LogP contribution in [0, 0.1) is 0 Å². The third-order valence-corrected chi connectivity index (χ3v) is 3.04. The zero-order valence-electron chi connectivity index (χ0n) is 10.2. The Morgan fingerprint density at radius 1 is 1.35 bits per heavy atom. The summed E-state index contributed by atoms with van der Waals surface area (Å²) in [6, 6.07) is 9.36. The average Bonchev–Trinajstić information content (AvgIpc) is 2.36. The number of rotatable bonds is 6. The molecular weight excluding hydrogens is 257 g/mol. The predicted molar refractivity (Wildman–Crippen MR) is 75.4 cm³/mol. The molecule has 0 aromatic heterocycles. The van der Waals surface area contributed by atoms with Gasteiger partial charge in [-0.1, -0.05) is 37.3 Å². The van der Waals surface area contributed by atoms with Crippen molar-refractivity contribution in [1.82, 2.24) is 5.32 Å². The van der Waals surface area contributed by atoms with E-state index in [4.69, 9.17) is 11.6 Å². The van der Waals surface area contributed by atoms with Crippen LogP contribution in [0.2, 0.25) is 0 Å². The molecule has 0 bridgehead atoms. The number of benzene rings is 1. The first-order valence-corrected chi connectivity index (χ1v) is 6.08. The molecule has 0 aliphatic rings. The van der Waals surface area contributed by atoms with E-state index in [0.29, 0.717) is 12.4 Å². The maximum Gasteiger partial charge on any atom is 0.182 e. The van der Waals surface area contributed by atoms with Gasteiger partial charge in [0.15, 0.2) is 5.78 Å². The van der Waals surface area contributed by atoms with E-state index in [1.54, 1.807) is 0 Å². The molecule has 0 fully saturated rings. The highest BCUT2D eigenvalue weighted by Crippen LogP contribution is 2.16. The van der Waals surface area contributed by atoms with E-state index in [1.165, 1.54) is 0 Å². The fourth-order valence-corrected chi connectivity index (χ4v) is 1.69. The molecule has 1 rings (SSSR count). The van der Waals surface area contributed by atoms with Crippen LogP contribution < -0.4 is 5.32 Å². The smallest absolute Gasteiger partial charge is 0.182 e. The molecule has 1 aromatic carbocycles. The summed E-state index contributed by atoms with van der Waals surface area (Å²) in [5.41, 5.74) is 0.227. The Bertz CT molecular complexity index is 343. The van der Waals surface area contributed by atoms with E-state index in [0.717, 1.165) is 12.0 Å². The zero-order valence-corrected chi connectivity index (χ0v) is 11.8. The highest BCUT2D eigenvalue weighted by molar-refractivity contribution is 6.18. The van der Waals surface area contributed by atoms with Gasteiger partial charge in [0.05, 0.1) is 5.54 Å². The number of ketones is 1. The monoisotopic (exact) mass is 275 g/mol. The van der Waals surface area contributed by atoms with Crippen LogP contribution >= 0.6 is 24.0 Å². The maximum absolute atomic E-state index is 12.3. The third-order valence-electron chi connectivity index (χ3n) is 2.85. The van der Waals surface area contributed by atoms with Gasteiger partial charge >= 0.3 is 0 Å². The van der Waals surface area contributed by atoms with Gasteiger partial charge in [-0.25, -0.2) is 0 Å². The van der Waals surface area contributed by atoms with Gasteiger partial charge in [0.2, 0.25) is 0 Å². The molecule has 17 heavy (non-hydrogen) atoms. The number of alkyl halides is 1. The normalized spacial score (nSPS) is 13.6. The highest BCUT2D eigenvalue weighted by Gasteiger charge is 2.30. The number of nitrogens with one attached hydrogen (secondary N) is 1. The van der Waals surface area contributed by atoms with Crippen LogP contribution in [-0.4, -0.2) is 23.7 Å². The minimum atomic E-state index is -0.518. The quantitative estimate of drug-likeness (QED) is 0.638. The lowest BCUT2D eigenvalue weighted by molar-refractivity contribution is 0.0864. The summed E-state index contributed by atoms with van der Waals surface area (Å²) in [6.07, 6.45) is 0.748. The molecule has 4 heteroatoms. The molecule has 0 aliphatic heterocycles. The SMILES string of the molecule is CCC(C)(NCCCl)C(=O)c1ccccc1.Cl. The second kappa shape index (κ2) is 7.70. The Hall–Kier alpha value is -0.570. The van der Waals surface area contributed by atoms with Crippen molar-refractivity contribution in [2.45, 2.75) is 25.8 Å².